The molecule has 2 atom stereocenters. The number of carbonyl (C=O) groups is 1. The number of hydrogen-bond acceptors (Lipinski definition) is 1. The van der Waals surface area contributed by atoms with Crippen molar-refractivity contribution in [3.63, 3.8) is 0 Å². The van der Waals surface area contributed by atoms with E-state index < -0.39 is 0 Å². The minimum Gasteiger partial charge on any atom is -0.303 e. The molecule has 1 saturated carbocycles. The molecule has 1 fully saturated rings. The molecule has 74 valence electrons. The van der Waals surface area contributed by atoms with Gasteiger partial charge in [0.05, 0.1) is 0 Å². The zero-order valence-electron chi connectivity index (χ0n) is 8.16. The van der Waals surface area contributed by atoms with Gasteiger partial charge in [-0.1, -0.05) is 30.7 Å². The molecule has 2 unspecified atom stereocenters. The highest BCUT2D eigenvalue weighted by Crippen LogP contribution is 2.55. The summed E-state index contributed by atoms with van der Waals surface area (Å²) in [5.74, 6) is 0.216. The van der Waals surface area contributed by atoms with Gasteiger partial charge in [-0.25, -0.2) is 0 Å². The molecule has 0 heterocycles. The first-order valence-electron chi connectivity index (χ1n) is 4.94. The van der Waals surface area contributed by atoms with Crippen LogP contribution in [0.5, 0.6) is 0 Å². The van der Waals surface area contributed by atoms with Gasteiger partial charge in [-0.05, 0) is 30.5 Å². The van der Waals surface area contributed by atoms with Gasteiger partial charge in [0.25, 0.3) is 0 Å². The molecular weight excluding hydrogens is 196 g/mol. The second-order valence-corrected chi connectivity index (χ2v) is 4.40. The van der Waals surface area contributed by atoms with E-state index in [0.29, 0.717) is 0 Å². The van der Waals surface area contributed by atoms with Crippen molar-refractivity contribution in [1.29, 1.82) is 0 Å². The molecule has 0 N–H and O–H groups in total. The second-order valence-electron chi connectivity index (χ2n) is 3.96. The molecule has 14 heavy (non-hydrogen) atoms. The van der Waals surface area contributed by atoms with E-state index >= 15 is 0 Å². The smallest absolute Gasteiger partial charge is 0.123 e. The molecule has 0 spiro atoms. The summed E-state index contributed by atoms with van der Waals surface area (Å²) in [7, 11) is 0. The topological polar surface area (TPSA) is 17.1 Å². The Morgan fingerprint density at radius 1 is 1.50 bits per heavy atom. The van der Waals surface area contributed by atoms with E-state index in [1.807, 2.05) is 24.3 Å². The summed E-state index contributed by atoms with van der Waals surface area (Å²) in [6, 6.07) is 7.87. The van der Waals surface area contributed by atoms with E-state index in [9.17, 15) is 4.79 Å². The van der Waals surface area contributed by atoms with Crippen LogP contribution in [0, 0.1) is 5.92 Å². The van der Waals surface area contributed by atoms with Crippen LogP contribution in [0.25, 0.3) is 0 Å². The monoisotopic (exact) mass is 208 g/mol. The number of hydrogen-bond donors (Lipinski definition) is 0. The van der Waals surface area contributed by atoms with E-state index in [4.69, 9.17) is 11.6 Å². The molecule has 0 bridgehead atoms. The number of benzene rings is 1. The Hall–Kier alpha value is -0.820. The molecule has 0 aliphatic heterocycles. The van der Waals surface area contributed by atoms with Crippen LogP contribution >= 0.6 is 11.6 Å². The fraction of sp³-hybridized carbons (Fsp3) is 0.417. The Morgan fingerprint density at radius 2 is 2.14 bits per heavy atom. The number of carbonyl (C=O) groups excluding carboxylic acids is 1. The zero-order chi connectivity index (χ0) is 10.2. The van der Waals surface area contributed by atoms with Gasteiger partial charge >= 0.3 is 0 Å². The highest BCUT2D eigenvalue weighted by Gasteiger charge is 2.53. The van der Waals surface area contributed by atoms with Crippen molar-refractivity contribution >= 4 is 17.9 Å². The lowest BCUT2D eigenvalue weighted by atomic mass is 9.91. The van der Waals surface area contributed by atoms with E-state index in [1.54, 1.807) is 0 Å². The Morgan fingerprint density at radius 3 is 2.57 bits per heavy atom. The molecule has 1 nitrogen and oxygen atoms in total. The maximum atomic E-state index is 10.8. The van der Waals surface area contributed by atoms with Crippen molar-refractivity contribution in [1.82, 2.24) is 0 Å². The zero-order valence-corrected chi connectivity index (χ0v) is 8.92. The lowest BCUT2D eigenvalue weighted by Gasteiger charge is -2.13. The van der Waals surface area contributed by atoms with Crippen LogP contribution in [-0.4, -0.2) is 6.29 Å². The Labute approximate surface area is 89.1 Å². The maximum Gasteiger partial charge on any atom is 0.123 e. The summed E-state index contributed by atoms with van der Waals surface area (Å²) in [6.07, 6.45) is 3.10. The first-order chi connectivity index (χ1) is 6.73. The van der Waals surface area contributed by atoms with Gasteiger partial charge in [-0.2, -0.15) is 0 Å². The molecule has 0 radical (unpaired) electrons. The third-order valence-electron chi connectivity index (χ3n) is 3.35. The third kappa shape index (κ3) is 1.36. The van der Waals surface area contributed by atoms with Crippen LogP contribution in [0.1, 0.15) is 25.3 Å². The molecule has 0 saturated heterocycles. The predicted molar refractivity (Wildman–Crippen MR) is 57.6 cm³/mol. The number of halogens is 1. The van der Waals surface area contributed by atoms with Gasteiger partial charge in [0.2, 0.25) is 0 Å². The summed E-state index contributed by atoms with van der Waals surface area (Å²) in [5, 5.41) is 0.753. The molecule has 1 aliphatic rings. The van der Waals surface area contributed by atoms with E-state index in [0.717, 1.165) is 24.2 Å². The molecule has 1 aromatic carbocycles. The highest BCUT2D eigenvalue weighted by molar-refractivity contribution is 6.30. The van der Waals surface area contributed by atoms with E-state index in [1.165, 1.54) is 5.56 Å². The number of rotatable bonds is 3. The van der Waals surface area contributed by atoms with Crippen molar-refractivity contribution in [3.8, 4) is 0 Å². The lowest BCUT2D eigenvalue weighted by molar-refractivity contribution is -0.109. The molecule has 1 aliphatic carbocycles. The summed E-state index contributed by atoms with van der Waals surface area (Å²) in [6.45, 7) is 2.14. The molecular formula is C12H13ClO. The largest absolute Gasteiger partial charge is 0.303 e. The highest BCUT2D eigenvalue weighted by atomic mass is 35.5. The van der Waals surface area contributed by atoms with Gasteiger partial charge in [-0.15, -0.1) is 0 Å². The standard InChI is InChI=1S/C12H13ClO/c1-2-12(7-10(12)8-14)9-3-5-11(13)6-4-9/h3-6,8,10H,2,7H2,1H3. The quantitative estimate of drug-likeness (QED) is 0.698. The molecule has 0 aromatic heterocycles. The fourth-order valence-corrected chi connectivity index (χ4v) is 2.36. The predicted octanol–water partition coefficient (Wildman–Crippen LogP) is 3.21. The molecule has 2 rings (SSSR count). The van der Waals surface area contributed by atoms with Crippen molar-refractivity contribution in [2.45, 2.75) is 25.2 Å². The van der Waals surface area contributed by atoms with Gasteiger partial charge in [0.15, 0.2) is 0 Å². The SMILES string of the molecule is CCC1(c2ccc(Cl)cc2)CC1C=O. The minimum atomic E-state index is 0.117. The summed E-state index contributed by atoms with van der Waals surface area (Å²) >= 11 is 5.83. The van der Waals surface area contributed by atoms with Crippen LogP contribution in [-0.2, 0) is 10.2 Å². The summed E-state index contributed by atoms with van der Waals surface area (Å²) in [4.78, 5) is 10.8. The van der Waals surface area contributed by atoms with Crippen LogP contribution in [0.4, 0.5) is 0 Å². The van der Waals surface area contributed by atoms with E-state index in [2.05, 4.69) is 6.92 Å². The normalized spacial score (nSPS) is 30.0. The maximum absolute atomic E-state index is 10.8. The third-order valence-corrected chi connectivity index (χ3v) is 3.60. The first-order valence-corrected chi connectivity index (χ1v) is 5.32. The fourth-order valence-electron chi connectivity index (χ4n) is 2.24. The van der Waals surface area contributed by atoms with Gasteiger partial charge in [0.1, 0.15) is 6.29 Å². The van der Waals surface area contributed by atoms with E-state index in [-0.39, 0.29) is 11.3 Å². The second kappa shape index (κ2) is 3.39. The lowest BCUT2D eigenvalue weighted by Crippen LogP contribution is -2.08. The Bertz CT molecular complexity index is 344. The average Bonchev–Trinajstić information content (AvgIpc) is 2.94. The van der Waals surface area contributed by atoms with Gasteiger partial charge in [0, 0.05) is 16.4 Å². The van der Waals surface area contributed by atoms with Crippen molar-refractivity contribution < 1.29 is 4.79 Å². The molecule has 0 amide bonds. The van der Waals surface area contributed by atoms with Gasteiger partial charge in [-0.3, -0.25) is 0 Å². The summed E-state index contributed by atoms with van der Waals surface area (Å²) < 4.78 is 0. The average molecular weight is 209 g/mol. The van der Waals surface area contributed by atoms with Crippen LogP contribution in [0.3, 0.4) is 0 Å². The van der Waals surface area contributed by atoms with Gasteiger partial charge < -0.3 is 4.79 Å². The molecule has 2 heteroatoms. The van der Waals surface area contributed by atoms with Crippen molar-refractivity contribution in [2.75, 3.05) is 0 Å². The Kier molecular flexibility index (Phi) is 2.36. The minimum absolute atomic E-state index is 0.117. The van der Waals surface area contributed by atoms with Crippen LogP contribution in [0.2, 0.25) is 5.02 Å². The number of aldehydes is 1. The molecule has 1 aromatic rings. The van der Waals surface area contributed by atoms with Crippen molar-refractivity contribution in [3.05, 3.63) is 34.9 Å². The van der Waals surface area contributed by atoms with Crippen LogP contribution < -0.4 is 0 Å². The summed E-state index contributed by atoms with van der Waals surface area (Å²) in [5.41, 5.74) is 1.37. The van der Waals surface area contributed by atoms with Crippen molar-refractivity contribution in [2.24, 2.45) is 5.92 Å². The first kappa shape index (κ1) is 9.72. The Balaban J connectivity index is 2.30. The van der Waals surface area contributed by atoms with Crippen LogP contribution in [0.15, 0.2) is 24.3 Å².